The molecule has 1 aromatic heterocycles. The number of nitriles is 1. The molecule has 0 atom stereocenters. The van der Waals surface area contributed by atoms with Crippen LogP contribution in [0.2, 0.25) is 0 Å². The van der Waals surface area contributed by atoms with Crippen molar-refractivity contribution in [3.63, 3.8) is 0 Å². The fourth-order valence-corrected chi connectivity index (χ4v) is 4.38. The van der Waals surface area contributed by atoms with Crippen LogP contribution < -0.4 is 16.1 Å². The zero-order chi connectivity index (χ0) is 22.0. The molecule has 1 saturated heterocycles. The Morgan fingerprint density at radius 2 is 1.32 bits per heavy atom. The Kier molecular flexibility index (Phi) is 5.74. The fourth-order valence-electron chi connectivity index (χ4n) is 4.38. The number of aromatic nitrogens is 2. The second-order valence-corrected chi connectivity index (χ2v) is 7.76. The standard InChI is InChI=1S/C24H25N5O2/c1-26-22(20(17-25)23(30)27(2)24(26)31)29-15-13-28(14-16-29)21(18-9-5-3-6-10-18)19-11-7-4-8-12-19/h3-12,21H,13-16H2,1-2H3. The maximum Gasteiger partial charge on any atom is 0.332 e. The Labute approximate surface area is 181 Å². The van der Waals surface area contributed by atoms with Crippen LogP contribution in [0.25, 0.3) is 0 Å². The molecule has 0 amide bonds. The number of benzene rings is 2. The molecule has 1 aliphatic rings. The smallest absolute Gasteiger partial charge is 0.332 e. The van der Waals surface area contributed by atoms with Crippen LogP contribution in [-0.4, -0.2) is 40.2 Å². The number of piperazine rings is 1. The molecule has 2 aromatic carbocycles. The highest BCUT2D eigenvalue weighted by Crippen LogP contribution is 2.30. The second-order valence-electron chi connectivity index (χ2n) is 7.76. The van der Waals surface area contributed by atoms with E-state index in [0.717, 1.165) is 17.7 Å². The lowest BCUT2D eigenvalue weighted by atomic mass is 9.96. The lowest BCUT2D eigenvalue weighted by Gasteiger charge is -2.41. The maximum atomic E-state index is 12.5. The Balaban J connectivity index is 1.65. The summed E-state index contributed by atoms with van der Waals surface area (Å²) in [6.07, 6.45) is 0. The molecule has 31 heavy (non-hydrogen) atoms. The molecular weight excluding hydrogens is 390 g/mol. The van der Waals surface area contributed by atoms with Gasteiger partial charge in [0.2, 0.25) is 0 Å². The first-order chi connectivity index (χ1) is 15.0. The lowest BCUT2D eigenvalue weighted by molar-refractivity contribution is 0.211. The van der Waals surface area contributed by atoms with E-state index in [1.165, 1.54) is 22.7 Å². The molecule has 158 valence electrons. The average Bonchev–Trinajstić information content (AvgIpc) is 2.82. The maximum absolute atomic E-state index is 12.5. The van der Waals surface area contributed by atoms with Crippen LogP contribution in [0.5, 0.6) is 0 Å². The van der Waals surface area contributed by atoms with Gasteiger partial charge in [-0.2, -0.15) is 5.26 Å². The molecule has 0 bridgehead atoms. The second kappa shape index (κ2) is 8.62. The van der Waals surface area contributed by atoms with Crippen molar-refractivity contribution in [3.05, 3.63) is 98.2 Å². The predicted octanol–water partition coefficient (Wildman–Crippen LogP) is 1.87. The van der Waals surface area contributed by atoms with E-state index in [4.69, 9.17) is 0 Å². The van der Waals surface area contributed by atoms with Gasteiger partial charge in [0.1, 0.15) is 11.9 Å². The van der Waals surface area contributed by atoms with Crippen LogP contribution in [0.4, 0.5) is 5.82 Å². The van der Waals surface area contributed by atoms with Gasteiger partial charge in [0.25, 0.3) is 5.56 Å². The third-order valence-electron chi connectivity index (χ3n) is 5.96. The van der Waals surface area contributed by atoms with Crippen LogP contribution in [0.1, 0.15) is 22.7 Å². The van der Waals surface area contributed by atoms with Crippen LogP contribution in [0.3, 0.4) is 0 Å². The van der Waals surface area contributed by atoms with E-state index < -0.39 is 11.2 Å². The van der Waals surface area contributed by atoms with Crippen molar-refractivity contribution in [1.82, 2.24) is 14.0 Å². The molecular formula is C24H25N5O2. The third kappa shape index (κ3) is 3.78. The van der Waals surface area contributed by atoms with E-state index >= 15 is 0 Å². The topological polar surface area (TPSA) is 74.3 Å². The quantitative estimate of drug-likeness (QED) is 0.650. The molecule has 4 rings (SSSR count). The third-order valence-corrected chi connectivity index (χ3v) is 5.96. The molecule has 1 fully saturated rings. The van der Waals surface area contributed by atoms with E-state index in [9.17, 15) is 14.9 Å². The minimum absolute atomic E-state index is 0.0146. The summed E-state index contributed by atoms with van der Waals surface area (Å²) in [5.41, 5.74) is 1.49. The Hall–Kier alpha value is -3.63. The number of hydrogen-bond donors (Lipinski definition) is 0. The minimum atomic E-state index is -0.547. The molecule has 0 N–H and O–H groups in total. The molecule has 1 aliphatic heterocycles. The summed E-state index contributed by atoms with van der Waals surface area (Å²) >= 11 is 0. The van der Waals surface area contributed by atoms with E-state index in [-0.39, 0.29) is 11.6 Å². The van der Waals surface area contributed by atoms with Crippen LogP contribution >= 0.6 is 0 Å². The lowest BCUT2D eigenvalue weighted by Crippen LogP contribution is -2.51. The highest BCUT2D eigenvalue weighted by atomic mass is 16.2. The van der Waals surface area contributed by atoms with Crippen molar-refractivity contribution in [3.8, 4) is 6.07 Å². The zero-order valence-corrected chi connectivity index (χ0v) is 17.7. The SMILES string of the molecule is Cn1c(N2CCN(C(c3ccccc3)c3ccccc3)CC2)c(C#N)c(=O)n(C)c1=O. The van der Waals surface area contributed by atoms with Crippen molar-refractivity contribution in [2.75, 3.05) is 31.1 Å². The highest BCUT2D eigenvalue weighted by molar-refractivity contribution is 5.54. The van der Waals surface area contributed by atoms with Crippen molar-refractivity contribution in [2.24, 2.45) is 14.1 Å². The van der Waals surface area contributed by atoms with E-state index in [1.807, 2.05) is 23.1 Å². The fraction of sp³-hybridized carbons (Fsp3) is 0.292. The number of hydrogen-bond acceptors (Lipinski definition) is 5. The summed E-state index contributed by atoms with van der Waals surface area (Å²) in [6, 6.07) is 22.9. The first-order valence-electron chi connectivity index (χ1n) is 10.3. The van der Waals surface area contributed by atoms with Crippen molar-refractivity contribution in [1.29, 1.82) is 5.26 Å². The van der Waals surface area contributed by atoms with E-state index in [1.54, 1.807) is 7.05 Å². The van der Waals surface area contributed by atoms with Gasteiger partial charge in [0.05, 0.1) is 6.04 Å². The van der Waals surface area contributed by atoms with E-state index in [0.29, 0.717) is 18.9 Å². The average molecular weight is 415 g/mol. The molecule has 0 radical (unpaired) electrons. The van der Waals surface area contributed by atoms with E-state index in [2.05, 4.69) is 53.4 Å². The summed E-state index contributed by atoms with van der Waals surface area (Å²) in [6.45, 7) is 2.71. The molecule has 7 nitrogen and oxygen atoms in total. The number of rotatable bonds is 4. The minimum Gasteiger partial charge on any atom is -0.354 e. The largest absolute Gasteiger partial charge is 0.354 e. The Morgan fingerprint density at radius 3 is 1.81 bits per heavy atom. The number of anilines is 1. The van der Waals surface area contributed by atoms with Gasteiger partial charge in [-0.3, -0.25) is 18.8 Å². The van der Waals surface area contributed by atoms with Gasteiger partial charge in [-0.1, -0.05) is 60.7 Å². The van der Waals surface area contributed by atoms with Crippen molar-refractivity contribution in [2.45, 2.75) is 6.04 Å². The normalized spacial score (nSPS) is 14.6. The van der Waals surface area contributed by atoms with Crippen molar-refractivity contribution < 1.29 is 0 Å². The number of nitrogens with zero attached hydrogens (tertiary/aromatic N) is 5. The van der Waals surface area contributed by atoms with Crippen molar-refractivity contribution >= 4 is 5.82 Å². The summed E-state index contributed by atoms with van der Waals surface area (Å²) in [5, 5.41) is 9.59. The monoisotopic (exact) mass is 415 g/mol. The van der Waals surface area contributed by atoms with Gasteiger partial charge in [-0.25, -0.2) is 4.79 Å². The first kappa shape index (κ1) is 20.6. The van der Waals surface area contributed by atoms with Gasteiger partial charge >= 0.3 is 5.69 Å². The summed E-state index contributed by atoms with van der Waals surface area (Å²) in [4.78, 5) is 29.3. The molecule has 0 spiro atoms. The van der Waals surface area contributed by atoms with Gasteiger partial charge in [0, 0.05) is 40.3 Å². The van der Waals surface area contributed by atoms with Gasteiger partial charge < -0.3 is 4.90 Å². The van der Waals surface area contributed by atoms with Crippen LogP contribution in [0, 0.1) is 11.3 Å². The summed E-state index contributed by atoms with van der Waals surface area (Å²) in [5.74, 6) is 0.409. The molecule has 2 heterocycles. The molecule has 0 saturated carbocycles. The van der Waals surface area contributed by atoms with Gasteiger partial charge in [-0.15, -0.1) is 0 Å². The van der Waals surface area contributed by atoms with Gasteiger partial charge in [-0.05, 0) is 11.1 Å². The zero-order valence-electron chi connectivity index (χ0n) is 17.7. The molecule has 7 heteroatoms. The van der Waals surface area contributed by atoms with Gasteiger partial charge in [0.15, 0.2) is 5.56 Å². The molecule has 0 aliphatic carbocycles. The summed E-state index contributed by atoms with van der Waals surface area (Å²) in [7, 11) is 3.01. The van der Waals surface area contributed by atoms with Crippen LogP contribution in [0.15, 0.2) is 70.3 Å². The Bertz CT molecular complexity index is 1180. The highest BCUT2D eigenvalue weighted by Gasteiger charge is 2.29. The van der Waals surface area contributed by atoms with Crippen LogP contribution in [-0.2, 0) is 14.1 Å². The first-order valence-corrected chi connectivity index (χ1v) is 10.3. The molecule has 0 unspecified atom stereocenters. The molecule has 3 aromatic rings. The predicted molar refractivity (Wildman–Crippen MR) is 120 cm³/mol. The summed E-state index contributed by atoms with van der Waals surface area (Å²) < 4.78 is 2.39. The Morgan fingerprint density at radius 1 is 0.806 bits per heavy atom.